The van der Waals surface area contributed by atoms with Crippen molar-refractivity contribution in [2.75, 3.05) is 13.2 Å². The van der Waals surface area contributed by atoms with Gasteiger partial charge in [-0.05, 0) is 11.6 Å². The Bertz CT molecular complexity index is 294. The molecule has 0 saturated carbocycles. The topological polar surface area (TPSA) is 9.23 Å². The van der Waals surface area contributed by atoms with Crippen molar-refractivity contribution in [1.82, 2.24) is 0 Å². The van der Waals surface area contributed by atoms with Gasteiger partial charge in [-0.1, -0.05) is 29.8 Å². The minimum atomic E-state index is -0.377. The Morgan fingerprint density at radius 1 is 1.25 bits per heavy atom. The molecule has 0 amide bonds. The van der Waals surface area contributed by atoms with Gasteiger partial charge in [-0.25, -0.2) is 0 Å². The van der Waals surface area contributed by atoms with Crippen molar-refractivity contribution >= 4 is 23.2 Å². The number of alkyl halides is 1. The van der Waals surface area contributed by atoms with Crippen molar-refractivity contribution in [2.24, 2.45) is 0 Å². The van der Waals surface area contributed by atoms with E-state index >= 15 is 0 Å². The van der Waals surface area contributed by atoms with Crippen LogP contribution in [0.4, 0.5) is 0 Å². The quantitative estimate of drug-likeness (QED) is 0.637. The first kappa shape index (κ1) is 8.36. The highest BCUT2D eigenvalue weighted by molar-refractivity contribution is 6.33. The minimum Gasteiger partial charge on any atom is -0.377 e. The number of halogens is 2. The van der Waals surface area contributed by atoms with Crippen LogP contribution >= 0.6 is 23.2 Å². The average Bonchev–Trinajstić information content (AvgIpc) is 2.01. The summed E-state index contributed by atoms with van der Waals surface area (Å²) in [5.74, 6) is 0. The van der Waals surface area contributed by atoms with Crippen LogP contribution in [0.15, 0.2) is 24.3 Å². The van der Waals surface area contributed by atoms with E-state index in [0.717, 1.165) is 10.6 Å². The molecular formula is C9H8Cl2O. The maximum Gasteiger partial charge on any atom is 0.117 e. The molecule has 0 aromatic heterocycles. The van der Waals surface area contributed by atoms with Gasteiger partial charge in [0.05, 0.1) is 13.2 Å². The molecule has 0 bridgehead atoms. The predicted octanol–water partition coefficient (Wildman–Crippen LogP) is 2.80. The number of hydrogen-bond donors (Lipinski definition) is 0. The molecule has 0 N–H and O–H groups in total. The first-order valence-electron chi connectivity index (χ1n) is 3.74. The monoisotopic (exact) mass is 202 g/mol. The molecule has 64 valence electrons. The van der Waals surface area contributed by atoms with Crippen LogP contribution in [-0.4, -0.2) is 13.2 Å². The molecular weight excluding hydrogens is 195 g/mol. The van der Waals surface area contributed by atoms with Gasteiger partial charge in [0.15, 0.2) is 0 Å². The molecule has 0 spiro atoms. The lowest BCUT2D eigenvalue weighted by atomic mass is 9.96. The maximum atomic E-state index is 6.23. The van der Waals surface area contributed by atoms with Crippen molar-refractivity contribution < 1.29 is 4.74 Å². The van der Waals surface area contributed by atoms with E-state index in [-0.39, 0.29) is 4.87 Å². The molecule has 3 heteroatoms. The van der Waals surface area contributed by atoms with Gasteiger partial charge in [-0.2, -0.15) is 0 Å². The largest absolute Gasteiger partial charge is 0.377 e. The molecule has 1 heterocycles. The fourth-order valence-corrected chi connectivity index (χ4v) is 1.95. The van der Waals surface area contributed by atoms with E-state index in [1.165, 1.54) is 0 Å². The Morgan fingerprint density at radius 2 is 1.92 bits per heavy atom. The lowest BCUT2D eigenvalue weighted by Crippen LogP contribution is -2.41. The summed E-state index contributed by atoms with van der Waals surface area (Å²) < 4.78 is 5.06. The SMILES string of the molecule is Clc1ccccc1C1(Cl)COC1. The normalized spacial score (nSPS) is 20.2. The second-order valence-electron chi connectivity index (χ2n) is 2.94. The number of hydrogen-bond acceptors (Lipinski definition) is 1. The summed E-state index contributed by atoms with van der Waals surface area (Å²) in [5.41, 5.74) is 0.972. The van der Waals surface area contributed by atoms with Crippen LogP contribution in [0.1, 0.15) is 5.56 Å². The molecule has 2 rings (SSSR count). The van der Waals surface area contributed by atoms with E-state index in [4.69, 9.17) is 27.9 Å². The fraction of sp³-hybridized carbons (Fsp3) is 0.333. The Balaban J connectivity index is 2.39. The Morgan fingerprint density at radius 3 is 2.42 bits per heavy atom. The van der Waals surface area contributed by atoms with Crippen molar-refractivity contribution in [3.8, 4) is 0 Å². The van der Waals surface area contributed by atoms with Crippen LogP contribution in [0.5, 0.6) is 0 Å². The highest BCUT2D eigenvalue weighted by Gasteiger charge is 2.39. The standard InChI is InChI=1S/C9H8Cl2O/c10-8-4-2-1-3-7(8)9(11)5-12-6-9/h1-4H,5-6H2. The summed E-state index contributed by atoms with van der Waals surface area (Å²) in [4.78, 5) is -0.377. The smallest absolute Gasteiger partial charge is 0.117 e. The van der Waals surface area contributed by atoms with E-state index in [1.807, 2.05) is 24.3 Å². The van der Waals surface area contributed by atoms with Crippen LogP contribution < -0.4 is 0 Å². The molecule has 0 radical (unpaired) electrons. The number of ether oxygens (including phenoxy) is 1. The van der Waals surface area contributed by atoms with E-state index in [0.29, 0.717) is 13.2 Å². The van der Waals surface area contributed by atoms with E-state index in [2.05, 4.69) is 0 Å². The average molecular weight is 203 g/mol. The molecule has 1 aliphatic heterocycles. The van der Waals surface area contributed by atoms with Gasteiger partial charge in [0, 0.05) is 5.02 Å². The molecule has 1 aromatic rings. The molecule has 0 atom stereocenters. The van der Waals surface area contributed by atoms with Gasteiger partial charge in [0.2, 0.25) is 0 Å². The second-order valence-corrected chi connectivity index (χ2v) is 4.07. The zero-order chi connectivity index (χ0) is 8.60. The molecule has 1 saturated heterocycles. The lowest BCUT2D eigenvalue weighted by Gasteiger charge is -2.36. The summed E-state index contributed by atoms with van der Waals surface area (Å²) in [6.07, 6.45) is 0. The summed E-state index contributed by atoms with van der Waals surface area (Å²) in [6, 6.07) is 7.62. The van der Waals surface area contributed by atoms with Crippen molar-refractivity contribution in [1.29, 1.82) is 0 Å². The maximum absolute atomic E-state index is 6.23. The van der Waals surface area contributed by atoms with Crippen LogP contribution in [0.25, 0.3) is 0 Å². The van der Waals surface area contributed by atoms with E-state index in [1.54, 1.807) is 0 Å². The van der Waals surface area contributed by atoms with Gasteiger partial charge in [0.1, 0.15) is 4.87 Å². The Kier molecular flexibility index (Phi) is 2.03. The highest BCUT2D eigenvalue weighted by Crippen LogP contribution is 2.39. The third-order valence-corrected chi connectivity index (χ3v) is 2.77. The fourth-order valence-electron chi connectivity index (χ4n) is 1.26. The molecule has 1 aromatic carbocycles. The highest BCUT2D eigenvalue weighted by atomic mass is 35.5. The molecule has 0 aliphatic carbocycles. The summed E-state index contributed by atoms with van der Waals surface area (Å²) in [6.45, 7) is 1.11. The molecule has 12 heavy (non-hydrogen) atoms. The van der Waals surface area contributed by atoms with Crippen molar-refractivity contribution in [2.45, 2.75) is 4.87 Å². The van der Waals surface area contributed by atoms with E-state index in [9.17, 15) is 0 Å². The van der Waals surface area contributed by atoms with Crippen molar-refractivity contribution in [3.63, 3.8) is 0 Å². The van der Waals surface area contributed by atoms with Gasteiger partial charge in [-0.3, -0.25) is 0 Å². The van der Waals surface area contributed by atoms with Crippen molar-refractivity contribution in [3.05, 3.63) is 34.9 Å². The summed E-state index contributed by atoms with van der Waals surface area (Å²) in [5, 5.41) is 0.718. The first-order chi connectivity index (χ1) is 5.72. The van der Waals surface area contributed by atoms with E-state index < -0.39 is 0 Å². The van der Waals surface area contributed by atoms with Gasteiger partial charge >= 0.3 is 0 Å². The molecule has 0 unspecified atom stereocenters. The van der Waals surface area contributed by atoms with Crippen LogP contribution in [-0.2, 0) is 9.61 Å². The zero-order valence-corrected chi connectivity index (χ0v) is 7.90. The van der Waals surface area contributed by atoms with Gasteiger partial charge in [0.25, 0.3) is 0 Å². The third kappa shape index (κ3) is 1.22. The predicted molar refractivity (Wildman–Crippen MR) is 49.8 cm³/mol. The van der Waals surface area contributed by atoms with Crippen LogP contribution in [0, 0.1) is 0 Å². The summed E-state index contributed by atoms with van der Waals surface area (Å²) in [7, 11) is 0. The molecule has 1 fully saturated rings. The first-order valence-corrected chi connectivity index (χ1v) is 4.50. The molecule has 1 nitrogen and oxygen atoms in total. The van der Waals surface area contributed by atoms with Gasteiger partial charge in [-0.15, -0.1) is 11.6 Å². The zero-order valence-electron chi connectivity index (χ0n) is 6.39. The Labute approximate surface area is 81.2 Å². The van der Waals surface area contributed by atoms with Gasteiger partial charge < -0.3 is 4.74 Å². The Hall–Kier alpha value is -0.240. The number of rotatable bonds is 1. The summed E-state index contributed by atoms with van der Waals surface area (Å²) >= 11 is 12.2. The third-order valence-electron chi connectivity index (χ3n) is 2.02. The van der Waals surface area contributed by atoms with Crippen LogP contribution in [0.3, 0.4) is 0 Å². The second kappa shape index (κ2) is 2.91. The molecule has 1 aliphatic rings. The minimum absolute atomic E-state index is 0.377. The number of benzene rings is 1. The lowest BCUT2D eigenvalue weighted by molar-refractivity contribution is -0.0151. The van der Waals surface area contributed by atoms with Crippen LogP contribution in [0.2, 0.25) is 5.02 Å².